The zero-order chi connectivity index (χ0) is 9.84. The van der Waals surface area contributed by atoms with Crippen LogP contribution in [0.1, 0.15) is 20.3 Å². The highest BCUT2D eigenvalue weighted by atomic mass is 19.1. The molecule has 0 amide bonds. The monoisotopic (exact) mass is 188 g/mol. The minimum atomic E-state index is -0.228. The van der Waals surface area contributed by atoms with Gasteiger partial charge in [-0.2, -0.15) is 0 Å². The molecule has 0 N–H and O–H groups in total. The van der Waals surface area contributed by atoms with Crippen molar-refractivity contribution in [3.63, 3.8) is 0 Å². The van der Waals surface area contributed by atoms with E-state index in [-0.39, 0.29) is 6.67 Å². The van der Waals surface area contributed by atoms with Crippen molar-refractivity contribution in [1.29, 1.82) is 0 Å². The molecular formula is C10H21FN2. The average Bonchev–Trinajstić information content (AvgIpc) is 2.52. The molecule has 1 heterocycles. The molecule has 1 fully saturated rings. The van der Waals surface area contributed by atoms with Crippen molar-refractivity contribution in [3.8, 4) is 0 Å². The Morgan fingerprint density at radius 3 is 2.69 bits per heavy atom. The fourth-order valence-corrected chi connectivity index (χ4v) is 1.91. The maximum absolute atomic E-state index is 12.1. The lowest BCUT2D eigenvalue weighted by Gasteiger charge is -2.25. The third kappa shape index (κ3) is 2.92. The summed E-state index contributed by atoms with van der Waals surface area (Å²) in [6.07, 6.45) is 1.19. The van der Waals surface area contributed by atoms with Gasteiger partial charge in [-0.15, -0.1) is 0 Å². The van der Waals surface area contributed by atoms with Gasteiger partial charge in [-0.05, 0) is 27.3 Å². The number of hydrogen-bond acceptors (Lipinski definition) is 2. The molecule has 0 aromatic heterocycles. The number of nitrogens with zero attached hydrogens (tertiary/aromatic N) is 2. The Bertz CT molecular complexity index is 150. The van der Waals surface area contributed by atoms with E-state index in [4.69, 9.17) is 0 Å². The molecule has 0 aromatic rings. The molecule has 1 rings (SSSR count). The van der Waals surface area contributed by atoms with Crippen LogP contribution in [0.25, 0.3) is 0 Å². The van der Waals surface area contributed by atoms with Gasteiger partial charge in [-0.25, -0.2) is 4.39 Å². The Hall–Kier alpha value is -0.150. The van der Waals surface area contributed by atoms with Crippen molar-refractivity contribution in [1.82, 2.24) is 9.80 Å². The highest BCUT2D eigenvalue weighted by Gasteiger charge is 2.26. The summed E-state index contributed by atoms with van der Waals surface area (Å²) in [6, 6.07) is 1.20. The quantitative estimate of drug-likeness (QED) is 0.657. The Labute approximate surface area is 80.7 Å². The van der Waals surface area contributed by atoms with Gasteiger partial charge in [0.25, 0.3) is 0 Å². The molecular weight excluding hydrogens is 167 g/mol. The van der Waals surface area contributed by atoms with Gasteiger partial charge in [-0.1, -0.05) is 0 Å². The van der Waals surface area contributed by atoms with Crippen LogP contribution in [0.15, 0.2) is 0 Å². The van der Waals surface area contributed by atoms with Gasteiger partial charge in [0.1, 0.15) is 6.67 Å². The second kappa shape index (κ2) is 4.91. The van der Waals surface area contributed by atoms with Gasteiger partial charge < -0.3 is 0 Å². The molecule has 3 heteroatoms. The van der Waals surface area contributed by atoms with Crippen LogP contribution in [0, 0.1) is 0 Å². The molecule has 0 saturated carbocycles. The summed E-state index contributed by atoms with van der Waals surface area (Å²) in [4.78, 5) is 4.60. The van der Waals surface area contributed by atoms with Crippen LogP contribution in [0.2, 0.25) is 0 Å². The van der Waals surface area contributed by atoms with E-state index in [0.717, 1.165) is 6.54 Å². The van der Waals surface area contributed by atoms with Crippen LogP contribution in [0.5, 0.6) is 0 Å². The molecule has 1 saturated heterocycles. The topological polar surface area (TPSA) is 6.48 Å². The van der Waals surface area contributed by atoms with Crippen LogP contribution in [-0.2, 0) is 0 Å². The molecule has 0 aliphatic carbocycles. The summed E-state index contributed by atoms with van der Waals surface area (Å²) in [6.45, 7) is 7.06. The Kier molecular flexibility index (Phi) is 4.13. The third-order valence-electron chi connectivity index (χ3n) is 2.99. The summed E-state index contributed by atoms with van der Waals surface area (Å²) in [5.41, 5.74) is 0. The Morgan fingerprint density at radius 2 is 2.23 bits per heavy atom. The predicted molar refractivity (Wildman–Crippen MR) is 53.7 cm³/mol. The molecule has 0 bridgehead atoms. The second-order valence-electron chi connectivity index (χ2n) is 4.20. The normalized spacial score (nSPS) is 24.9. The lowest BCUT2D eigenvalue weighted by Crippen LogP contribution is -2.37. The Morgan fingerprint density at radius 1 is 1.54 bits per heavy atom. The first-order valence-corrected chi connectivity index (χ1v) is 5.15. The van der Waals surface area contributed by atoms with E-state index in [1.54, 1.807) is 0 Å². The average molecular weight is 188 g/mol. The van der Waals surface area contributed by atoms with E-state index in [0.29, 0.717) is 18.6 Å². The third-order valence-corrected chi connectivity index (χ3v) is 2.99. The van der Waals surface area contributed by atoms with Crippen molar-refractivity contribution in [2.24, 2.45) is 0 Å². The van der Waals surface area contributed by atoms with Gasteiger partial charge in [0.15, 0.2) is 0 Å². The summed E-state index contributed by atoms with van der Waals surface area (Å²) < 4.78 is 12.1. The summed E-state index contributed by atoms with van der Waals surface area (Å²) in [5.74, 6) is 0. The van der Waals surface area contributed by atoms with Crippen LogP contribution < -0.4 is 0 Å². The van der Waals surface area contributed by atoms with Gasteiger partial charge in [0, 0.05) is 31.7 Å². The molecule has 78 valence electrons. The van der Waals surface area contributed by atoms with Gasteiger partial charge >= 0.3 is 0 Å². The van der Waals surface area contributed by atoms with Gasteiger partial charge in [0.2, 0.25) is 0 Å². The highest BCUT2D eigenvalue weighted by molar-refractivity contribution is 4.83. The first-order chi connectivity index (χ1) is 6.15. The van der Waals surface area contributed by atoms with E-state index in [1.165, 1.54) is 13.0 Å². The smallest absolute Gasteiger partial charge is 0.102 e. The Balaban J connectivity index is 2.31. The number of rotatable bonds is 4. The second-order valence-corrected chi connectivity index (χ2v) is 4.20. The summed E-state index contributed by atoms with van der Waals surface area (Å²) in [5, 5.41) is 0. The summed E-state index contributed by atoms with van der Waals surface area (Å²) >= 11 is 0. The number of hydrogen-bond donors (Lipinski definition) is 0. The van der Waals surface area contributed by atoms with Crippen molar-refractivity contribution in [2.75, 3.05) is 33.4 Å². The molecule has 0 unspecified atom stereocenters. The van der Waals surface area contributed by atoms with Crippen LogP contribution in [0.4, 0.5) is 4.39 Å². The zero-order valence-electron chi connectivity index (χ0n) is 8.96. The molecule has 0 spiro atoms. The van der Waals surface area contributed by atoms with Gasteiger partial charge in [0.05, 0.1) is 0 Å². The zero-order valence-corrected chi connectivity index (χ0v) is 8.96. The SMILES string of the molecule is CC(C)N1CC[C@@H](N(C)CCF)C1. The largest absolute Gasteiger partial charge is 0.300 e. The molecule has 1 atom stereocenters. The van der Waals surface area contributed by atoms with E-state index in [1.807, 2.05) is 7.05 Å². The van der Waals surface area contributed by atoms with Crippen molar-refractivity contribution < 1.29 is 4.39 Å². The highest BCUT2D eigenvalue weighted by Crippen LogP contribution is 2.16. The number of alkyl halides is 1. The fourth-order valence-electron chi connectivity index (χ4n) is 1.91. The molecule has 2 nitrogen and oxygen atoms in total. The van der Waals surface area contributed by atoms with Gasteiger partial charge in [-0.3, -0.25) is 9.80 Å². The number of likely N-dealkylation sites (N-methyl/N-ethyl adjacent to an activating group) is 1. The van der Waals surface area contributed by atoms with Crippen molar-refractivity contribution in [2.45, 2.75) is 32.4 Å². The van der Waals surface area contributed by atoms with E-state index in [2.05, 4.69) is 23.6 Å². The molecule has 1 aliphatic heterocycles. The predicted octanol–water partition coefficient (Wildman–Crippen LogP) is 1.37. The maximum atomic E-state index is 12.1. The van der Waals surface area contributed by atoms with Crippen molar-refractivity contribution >= 4 is 0 Å². The number of halogens is 1. The standard InChI is InChI=1S/C10H21FN2/c1-9(2)13-6-4-10(8-13)12(3)7-5-11/h9-10H,4-8H2,1-3H3/t10-/m1/s1. The number of likely N-dealkylation sites (tertiary alicyclic amines) is 1. The summed E-state index contributed by atoms with van der Waals surface area (Å²) in [7, 11) is 2.02. The maximum Gasteiger partial charge on any atom is 0.102 e. The van der Waals surface area contributed by atoms with E-state index < -0.39 is 0 Å². The molecule has 13 heavy (non-hydrogen) atoms. The lowest BCUT2D eigenvalue weighted by atomic mass is 10.2. The van der Waals surface area contributed by atoms with Crippen LogP contribution in [-0.4, -0.2) is 55.2 Å². The fraction of sp³-hybridized carbons (Fsp3) is 1.00. The minimum absolute atomic E-state index is 0.228. The van der Waals surface area contributed by atoms with Crippen LogP contribution >= 0.6 is 0 Å². The molecule has 0 radical (unpaired) electrons. The first kappa shape index (κ1) is 10.9. The lowest BCUT2D eigenvalue weighted by molar-refractivity contribution is 0.202. The minimum Gasteiger partial charge on any atom is -0.300 e. The first-order valence-electron chi connectivity index (χ1n) is 5.15. The molecule has 0 aromatic carbocycles. The van der Waals surface area contributed by atoms with E-state index in [9.17, 15) is 4.39 Å². The van der Waals surface area contributed by atoms with Crippen molar-refractivity contribution in [3.05, 3.63) is 0 Å². The van der Waals surface area contributed by atoms with Crippen LogP contribution in [0.3, 0.4) is 0 Å². The van der Waals surface area contributed by atoms with E-state index >= 15 is 0 Å². The molecule has 1 aliphatic rings.